The Labute approximate surface area is 199 Å². The molecule has 0 bridgehead atoms. The maximum atomic E-state index is 14.7. The van der Waals surface area contributed by atoms with Crippen LogP contribution in [0.1, 0.15) is 60.1 Å². The SMILES string of the molecule is C[C@@]1(NC(=O)c2ccsc2)CCCC(Nc2nc(C3CNc4ncc(F)cc43)c(F)cc2F)C1. The van der Waals surface area contributed by atoms with Crippen LogP contribution in [0.5, 0.6) is 0 Å². The molecule has 3 atom stereocenters. The molecule has 3 N–H and O–H groups in total. The second-order valence-electron chi connectivity index (χ2n) is 9.18. The Bertz CT molecular complexity index is 1220. The fourth-order valence-electron chi connectivity index (χ4n) is 4.90. The number of fused-ring (bicyclic) bond motifs is 1. The summed E-state index contributed by atoms with van der Waals surface area (Å²) >= 11 is 1.46. The summed E-state index contributed by atoms with van der Waals surface area (Å²) < 4.78 is 43.2. The largest absolute Gasteiger partial charge is 0.369 e. The zero-order valence-corrected chi connectivity index (χ0v) is 19.3. The molecule has 1 fully saturated rings. The van der Waals surface area contributed by atoms with Gasteiger partial charge in [-0.15, -0.1) is 0 Å². The standard InChI is InChI=1S/C24H24F3N5OS/c1-24(32-23(33)13-4-6-34-12-13)5-2-3-15(9-24)30-22-19(27)8-18(26)20(31-22)17-11-29-21-16(17)7-14(25)10-28-21/h4,6-8,10,12,15,17H,2-3,5,9,11H2,1H3,(H,28,29)(H,30,31)(H,32,33)/t15?,17?,24-/m1/s1. The van der Waals surface area contributed by atoms with Gasteiger partial charge in [0.1, 0.15) is 17.5 Å². The third-order valence-corrected chi connectivity index (χ3v) is 7.22. The number of anilines is 2. The molecule has 1 aliphatic heterocycles. The van der Waals surface area contributed by atoms with Crippen molar-refractivity contribution in [2.75, 3.05) is 17.2 Å². The Balaban J connectivity index is 1.35. The van der Waals surface area contributed by atoms with Crippen molar-refractivity contribution < 1.29 is 18.0 Å². The van der Waals surface area contributed by atoms with E-state index in [0.29, 0.717) is 23.4 Å². The highest BCUT2D eigenvalue weighted by Crippen LogP contribution is 2.37. The van der Waals surface area contributed by atoms with Crippen molar-refractivity contribution in [2.45, 2.75) is 50.1 Å². The molecule has 6 nitrogen and oxygen atoms in total. The number of hydrogen-bond donors (Lipinski definition) is 3. The van der Waals surface area contributed by atoms with Crippen LogP contribution in [0.2, 0.25) is 0 Å². The van der Waals surface area contributed by atoms with E-state index in [-0.39, 0.29) is 30.0 Å². The molecule has 10 heteroatoms. The molecule has 3 aromatic rings. The molecule has 0 radical (unpaired) electrons. The lowest BCUT2D eigenvalue weighted by Gasteiger charge is -2.39. The molecular formula is C24H24F3N5OS. The lowest BCUT2D eigenvalue weighted by atomic mass is 9.80. The summed E-state index contributed by atoms with van der Waals surface area (Å²) in [5, 5.41) is 12.9. The van der Waals surface area contributed by atoms with Gasteiger partial charge in [-0.2, -0.15) is 11.3 Å². The molecule has 178 valence electrons. The van der Waals surface area contributed by atoms with Crippen LogP contribution in [0.3, 0.4) is 0 Å². The fourth-order valence-corrected chi connectivity index (χ4v) is 5.54. The maximum Gasteiger partial charge on any atom is 0.252 e. The summed E-state index contributed by atoms with van der Waals surface area (Å²) in [6.07, 6.45) is 4.06. The zero-order chi connectivity index (χ0) is 23.9. The monoisotopic (exact) mass is 487 g/mol. The van der Waals surface area contributed by atoms with Gasteiger partial charge in [0.25, 0.3) is 5.91 Å². The number of carbonyl (C=O) groups is 1. The van der Waals surface area contributed by atoms with Crippen molar-refractivity contribution in [1.29, 1.82) is 0 Å². The smallest absolute Gasteiger partial charge is 0.252 e. The second-order valence-corrected chi connectivity index (χ2v) is 9.96. The van der Waals surface area contributed by atoms with Gasteiger partial charge < -0.3 is 16.0 Å². The second kappa shape index (κ2) is 8.90. The Morgan fingerprint density at radius 3 is 2.91 bits per heavy atom. The summed E-state index contributed by atoms with van der Waals surface area (Å²) in [5.41, 5.74) is 0.678. The van der Waals surface area contributed by atoms with Crippen LogP contribution >= 0.6 is 11.3 Å². The number of pyridine rings is 2. The first-order valence-electron chi connectivity index (χ1n) is 11.2. The molecule has 3 aromatic heterocycles. The minimum atomic E-state index is -0.792. The van der Waals surface area contributed by atoms with Gasteiger partial charge in [0, 0.05) is 35.1 Å². The predicted octanol–water partition coefficient (Wildman–Crippen LogP) is 5.06. The van der Waals surface area contributed by atoms with Crippen molar-refractivity contribution in [3.8, 4) is 0 Å². The average molecular weight is 488 g/mol. The quantitative estimate of drug-likeness (QED) is 0.469. The first-order chi connectivity index (χ1) is 16.3. The van der Waals surface area contributed by atoms with Crippen LogP contribution in [0, 0.1) is 17.5 Å². The van der Waals surface area contributed by atoms with E-state index in [4.69, 9.17) is 0 Å². The minimum absolute atomic E-state index is 0.0341. The highest BCUT2D eigenvalue weighted by Gasteiger charge is 2.35. The van der Waals surface area contributed by atoms with E-state index in [0.717, 1.165) is 31.5 Å². The molecule has 2 aliphatic rings. The van der Waals surface area contributed by atoms with E-state index in [9.17, 15) is 18.0 Å². The van der Waals surface area contributed by atoms with E-state index >= 15 is 0 Å². The van der Waals surface area contributed by atoms with Crippen molar-refractivity contribution in [3.05, 3.63) is 69.4 Å². The molecule has 0 aromatic carbocycles. The first kappa shape index (κ1) is 22.6. The summed E-state index contributed by atoms with van der Waals surface area (Å²) in [4.78, 5) is 20.9. The van der Waals surface area contributed by atoms with Crippen LogP contribution in [0.15, 0.2) is 35.2 Å². The average Bonchev–Trinajstić information content (AvgIpc) is 3.46. The molecule has 5 rings (SSSR count). The van der Waals surface area contributed by atoms with Gasteiger partial charge in [0.15, 0.2) is 11.6 Å². The maximum absolute atomic E-state index is 14.7. The van der Waals surface area contributed by atoms with E-state index in [1.807, 2.05) is 12.3 Å². The number of rotatable bonds is 5. The number of aromatic nitrogens is 2. The van der Waals surface area contributed by atoms with Crippen LogP contribution in [0.4, 0.5) is 24.8 Å². The Kier molecular flexibility index (Phi) is 5.93. The van der Waals surface area contributed by atoms with Gasteiger partial charge in [-0.05, 0) is 50.1 Å². The van der Waals surface area contributed by atoms with Gasteiger partial charge in [-0.25, -0.2) is 23.1 Å². The number of halogens is 3. The number of carbonyl (C=O) groups excluding carboxylic acids is 1. The fraction of sp³-hybridized carbons (Fsp3) is 0.375. The van der Waals surface area contributed by atoms with E-state index in [1.54, 1.807) is 11.4 Å². The van der Waals surface area contributed by atoms with E-state index in [1.165, 1.54) is 17.4 Å². The van der Waals surface area contributed by atoms with Crippen molar-refractivity contribution in [2.24, 2.45) is 0 Å². The topological polar surface area (TPSA) is 78.9 Å². The number of amides is 1. The molecule has 4 heterocycles. The molecular weight excluding hydrogens is 463 g/mol. The van der Waals surface area contributed by atoms with Crippen molar-refractivity contribution in [3.63, 3.8) is 0 Å². The van der Waals surface area contributed by atoms with Crippen LogP contribution in [-0.4, -0.2) is 34.0 Å². The number of thiophene rings is 1. The Morgan fingerprint density at radius 1 is 1.26 bits per heavy atom. The Morgan fingerprint density at radius 2 is 2.12 bits per heavy atom. The molecule has 2 unspecified atom stereocenters. The third-order valence-electron chi connectivity index (χ3n) is 6.54. The first-order valence-corrected chi connectivity index (χ1v) is 12.1. The summed E-state index contributed by atoms with van der Waals surface area (Å²) in [5.74, 6) is -2.41. The number of hydrogen-bond acceptors (Lipinski definition) is 6. The van der Waals surface area contributed by atoms with Crippen molar-refractivity contribution >= 4 is 28.9 Å². The van der Waals surface area contributed by atoms with E-state index < -0.39 is 28.9 Å². The Hall–Kier alpha value is -3.14. The van der Waals surface area contributed by atoms with Crippen molar-refractivity contribution in [1.82, 2.24) is 15.3 Å². The highest BCUT2D eigenvalue weighted by atomic mass is 32.1. The lowest BCUT2D eigenvalue weighted by Crippen LogP contribution is -2.51. The zero-order valence-electron chi connectivity index (χ0n) is 18.5. The highest BCUT2D eigenvalue weighted by molar-refractivity contribution is 7.08. The van der Waals surface area contributed by atoms with Gasteiger partial charge in [-0.1, -0.05) is 0 Å². The van der Waals surface area contributed by atoms with Gasteiger partial charge >= 0.3 is 0 Å². The van der Waals surface area contributed by atoms with Gasteiger partial charge in [0.2, 0.25) is 0 Å². The van der Waals surface area contributed by atoms with Gasteiger partial charge in [-0.3, -0.25) is 4.79 Å². The number of nitrogens with one attached hydrogen (secondary N) is 3. The molecule has 1 amide bonds. The normalized spacial score (nSPS) is 23.8. The summed E-state index contributed by atoms with van der Waals surface area (Å²) in [7, 11) is 0. The molecule has 1 aliphatic carbocycles. The summed E-state index contributed by atoms with van der Waals surface area (Å²) in [6, 6.07) is 3.73. The minimum Gasteiger partial charge on any atom is -0.369 e. The van der Waals surface area contributed by atoms with Crippen LogP contribution < -0.4 is 16.0 Å². The number of nitrogens with zero attached hydrogens (tertiary/aromatic N) is 2. The molecule has 0 spiro atoms. The van der Waals surface area contributed by atoms with E-state index in [2.05, 4.69) is 25.9 Å². The van der Waals surface area contributed by atoms with Crippen LogP contribution in [-0.2, 0) is 0 Å². The molecule has 34 heavy (non-hydrogen) atoms. The predicted molar refractivity (Wildman–Crippen MR) is 125 cm³/mol. The third kappa shape index (κ3) is 4.46. The lowest BCUT2D eigenvalue weighted by molar-refractivity contribution is 0.0879. The molecule has 1 saturated carbocycles. The summed E-state index contributed by atoms with van der Waals surface area (Å²) in [6.45, 7) is 2.27. The van der Waals surface area contributed by atoms with Crippen LogP contribution in [0.25, 0.3) is 0 Å². The van der Waals surface area contributed by atoms with Gasteiger partial charge in [0.05, 0.1) is 23.4 Å². The molecule has 0 saturated heterocycles.